The Kier molecular flexibility index (Phi) is 2.12. The van der Waals surface area contributed by atoms with Crippen LogP contribution in [0.3, 0.4) is 0 Å². The maximum Gasteiger partial charge on any atom is 0.281 e. The number of hydrogen-bond donors (Lipinski definition) is 1. The average Bonchev–Trinajstić information content (AvgIpc) is 2.61. The molecule has 9 nitrogen and oxygen atoms in total. The van der Waals surface area contributed by atoms with Crippen LogP contribution in [-0.4, -0.2) is 39.8 Å². The highest BCUT2D eigenvalue weighted by Crippen LogP contribution is 2.28. The topological polar surface area (TPSA) is 130 Å². The quantitative estimate of drug-likeness (QED) is 0.572. The van der Waals surface area contributed by atoms with Crippen LogP contribution < -0.4 is 5.73 Å². The van der Waals surface area contributed by atoms with Gasteiger partial charge in [0.1, 0.15) is 0 Å². The summed E-state index contributed by atoms with van der Waals surface area (Å²) >= 11 is 0. The van der Waals surface area contributed by atoms with Gasteiger partial charge in [0.15, 0.2) is 5.78 Å². The molecule has 1 atom stereocenters. The molecule has 0 aromatic heterocycles. The standard InChI is InChI=1S/C8H8N6O3/c1-3(15)8-5(11-13-12-8)10-7(9)14(4(2)16)6(8)17/h1-2H3,(H2,9,10,11,12). The molecule has 2 rings (SSSR count). The van der Waals surface area contributed by atoms with Crippen LogP contribution in [-0.2, 0) is 14.4 Å². The van der Waals surface area contributed by atoms with Gasteiger partial charge >= 0.3 is 0 Å². The number of carbonyl (C=O) groups is 3. The predicted octanol–water partition coefficient (Wildman–Crippen LogP) is -1.20. The molecule has 0 spiro atoms. The van der Waals surface area contributed by atoms with Gasteiger partial charge in [-0.1, -0.05) is 0 Å². The van der Waals surface area contributed by atoms with E-state index in [9.17, 15) is 14.4 Å². The summed E-state index contributed by atoms with van der Waals surface area (Å²) in [4.78, 5) is 39.3. The van der Waals surface area contributed by atoms with Crippen molar-refractivity contribution in [3.8, 4) is 0 Å². The maximum absolute atomic E-state index is 12.1. The van der Waals surface area contributed by atoms with E-state index in [4.69, 9.17) is 5.73 Å². The molecule has 0 saturated carbocycles. The Morgan fingerprint density at radius 3 is 2.53 bits per heavy atom. The summed E-state index contributed by atoms with van der Waals surface area (Å²) in [5, 5.41) is 10.2. The Morgan fingerprint density at radius 2 is 2.00 bits per heavy atom. The number of hydrogen-bond acceptors (Lipinski definition) is 8. The summed E-state index contributed by atoms with van der Waals surface area (Å²) in [7, 11) is 0. The van der Waals surface area contributed by atoms with E-state index in [2.05, 4.69) is 20.4 Å². The average molecular weight is 236 g/mol. The Morgan fingerprint density at radius 1 is 1.35 bits per heavy atom. The molecule has 0 saturated heterocycles. The first kappa shape index (κ1) is 11.0. The van der Waals surface area contributed by atoms with Crippen LogP contribution in [0.25, 0.3) is 0 Å². The molecule has 1 unspecified atom stereocenters. The van der Waals surface area contributed by atoms with E-state index in [1.165, 1.54) is 0 Å². The van der Waals surface area contributed by atoms with Crippen LogP contribution in [0.15, 0.2) is 20.4 Å². The Balaban J connectivity index is 2.65. The van der Waals surface area contributed by atoms with Gasteiger partial charge in [0.2, 0.25) is 17.7 Å². The van der Waals surface area contributed by atoms with Gasteiger partial charge in [0, 0.05) is 6.92 Å². The van der Waals surface area contributed by atoms with Gasteiger partial charge in [-0.15, -0.1) is 10.2 Å². The summed E-state index contributed by atoms with van der Waals surface area (Å²) in [6, 6.07) is 0. The lowest BCUT2D eigenvalue weighted by atomic mass is 9.91. The molecule has 2 aliphatic rings. The molecule has 0 aliphatic carbocycles. The molecule has 0 bridgehead atoms. The van der Waals surface area contributed by atoms with Gasteiger partial charge in [-0.3, -0.25) is 14.4 Å². The van der Waals surface area contributed by atoms with Crippen LogP contribution in [0.4, 0.5) is 0 Å². The molecular weight excluding hydrogens is 228 g/mol. The second-order valence-electron chi connectivity index (χ2n) is 3.51. The van der Waals surface area contributed by atoms with E-state index in [0.717, 1.165) is 13.8 Å². The highest BCUT2D eigenvalue weighted by atomic mass is 16.2. The number of amides is 2. The number of aliphatic imine (C=N–C) groups is 1. The first-order chi connectivity index (χ1) is 7.91. The number of rotatable bonds is 1. The van der Waals surface area contributed by atoms with Crippen molar-refractivity contribution in [3.63, 3.8) is 0 Å². The zero-order valence-corrected chi connectivity index (χ0v) is 9.04. The number of nitrogens with two attached hydrogens (primary N) is 1. The van der Waals surface area contributed by atoms with Gasteiger partial charge in [0.05, 0.1) is 0 Å². The van der Waals surface area contributed by atoms with E-state index in [-0.39, 0.29) is 11.8 Å². The molecule has 0 aromatic carbocycles. The number of fused-ring (bicyclic) bond motifs is 1. The molecule has 9 heteroatoms. The second kappa shape index (κ2) is 3.27. The van der Waals surface area contributed by atoms with E-state index in [1.54, 1.807) is 0 Å². The number of nitrogens with zero attached hydrogens (tertiary/aromatic N) is 5. The van der Waals surface area contributed by atoms with Gasteiger partial charge in [-0.05, 0) is 12.1 Å². The molecule has 2 aliphatic heterocycles. The second-order valence-corrected chi connectivity index (χ2v) is 3.51. The van der Waals surface area contributed by atoms with Gasteiger partial charge < -0.3 is 5.73 Å². The minimum absolute atomic E-state index is 0.204. The summed E-state index contributed by atoms with van der Waals surface area (Å²) < 4.78 is 0. The minimum atomic E-state index is -1.95. The zero-order valence-electron chi connectivity index (χ0n) is 9.04. The third-order valence-corrected chi connectivity index (χ3v) is 2.44. The Labute approximate surface area is 95.1 Å². The first-order valence-electron chi connectivity index (χ1n) is 4.62. The molecule has 88 valence electrons. The predicted molar refractivity (Wildman–Crippen MR) is 54.9 cm³/mol. The lowest BCUT2D eigenvalue weighted by Crippen LogP contribution is -2.63. The monoisotopic (exact) mass is 236 g/mol. The molecule has 2 amide bonds. The fourth-order valence-electron chi connectivity index (χ4n) is 1.60. The number of carbonyl (C=O) groups excluding carboxylic acids is 3. The van der Waals surface area contributed by atoms with Crippen LogP contribution >= 0.6 is 0 Å². The molecule has 2 N–H and O–H groups in total. The molecule has 2 heterocycles. The zero-order chi connectivity index (χ0) is 12.8. The smallest absolute Gasteiger partial charge is 0.281 e. The van der Waals surface area contributed by atoms with Crippen molar-refractivity contribution in [2.24, 2.45) is 26.2 Å². The van der Waals surface area contributed by atoms with Crippen LogP contribution in [0.1, 0.15) is 13.8 Å². The third-order valence-electron chi connectivity index (χ3n) is 2.44. The van der Waals surface area contributed by atoms with E-state index in [1.807, 2.05) is 0 Å². The normalized spacial score (nSPS) is 26.5. The molecule has 0 fully saturated rings. The van der Waals surface area contributed by atoms with Crippen LogP contribution in [0.2, 0.25) is 0 Å². The number of amidine groups is 1. The fourth-order valence-corrected chi connectivity index (χ4v) is 1.60. The Hall–Kier alpha value is -2.45. The fraction of sp³-hybridized carbons (Fsp3) is 0.375. The summed E-state index contributed by atoms with van der Waals surface area (Å²) in [6.45, 7) is 2.27. The van der Waals surface area contributed by atoms with Crippen LogP contribution in [0.5, 0.6) is 0 Å². The highest BCUT2D eigenvalue weighted by molar-refractivity contribution is 6.38. The van der Waals surface area contributed by atoms with Gasteiger partial charge in [-0.25, -0.2) is 4.90 Å². The van der Waals surface area contributed by atoms with Crippen molar-refractivity contribution in [1.82, 2.24) is 4.90 Å². The molecule has 0 radical (unpaired) electrons. The lowest BCUT2D eigenvalue weighted by molar-refractivity contribution is -0.143. The SMILES string of the molecule is CC(=O)N1C(=O)C2(C(C)=O)N=NN=C2N=C1N. The molecular formula is C8H8N6O3. The highest BCUT2D eigenvalue weighted by Gasteiger charge is 2.58. The van der Waals surface area contributed by atoms with Crippen molar-refractivity contribution in [2.45, 2.75) is 19.4 Å². The number of imide groups is 1. The number of Topliss-reactive ketones (excluding diaryl/α,β-unsaturated/α-hetero) is 1. The number of ketones is 1. The van der Waals surface area contributed by atoms with E-state index in [0.29, 0.717) is 4.90 Å². The summed E-state index contributed by atoms with van der Waals surface area (Å²) in [5.74, 6) is -2.72. The van der Waals surface area contributed by atoms with Gasteiger partial charge in [0.25, 0.3) is 11.4 Å². The first-order valence-corrected chi connectivity index (χ1v) is 4.62. The third kappa shape index (κ3) is 1.22. The largest absolute Gasteiger partial charge is 0.369 e. The van der Waals surface area contributed by atoms with E-state index >= 15 is 0 Å². The van der Waals surface area contributed by atoms with Crippen molar-refractivity contribution >= 4 is 29.4 Å². The Bertz CT molecular complexity index is 533. The summed E-state index contributed by atoms with van der Waals surface area (Å²) in [6.07, 6.45) is 0. The lowest BCUT2D eigenvalue weighted by Gasteiger charge is -2.30. The van der Waals surface area contributed by atoms with Crippen molar-refractivity contribution in [2.75, 3.05) is 0 Å². The molecule has 17 heavy (non-hydrogen) atoms. The minimum Gasteiger partial charge on any atom is -0.369 e. The summed E-state index contributed by atoms with van der Waals surface area (Å²) in [5.41, 5.74) is 3.49. The van der Waals surface area contributed by atoms with Crippen molar-refractivity contribution in [1.29, 1.82) is 0 Å². The van der Waals surface area contributed by atoms with Crippen molar-refractivity contribution < 1.29 is 14.4 Å². The van der Waals surface area contributed by atoms with Gasteiger partial charge in [-0.2, -0.15) is 4.99 Å². The maximum atomic E-state index is 12.1. The molecule has 0 aromatic rings. The van der Waals surface area contributed by atoms with Crippen molar-refractivity contribution in [3.05, 3.63) is 0 Å². The van der Waals surface area contributed by atoms with E-state index < -0.39 is 23.1 Å². The number of guanidine groups is 1. The van der Waals surface area contributed by atoms with Crippen LogP contribution in [0, 0.1) is 0 Å².